The van der Waals surface area contributed by atoms with E-state index in [1.54, 1.807) is 13.0 Å². The lowest BCUT2D eigenvalue weighted by Crippen LogP contribution is -2.24. The van der Waals surface area contributed by atoms with E-state index in [-0.39, 0.29) is 12.3 Å². The van der Waals surface area contributed by atoms with Crippen LogP contribution < -0.4 is 0 Å². The Labute approximate surface area is 123 Å². The highest BCUT2D eigenvalue weighted by molar-refractivity contribution is 6.43. The zero-order valence-electron chi connectivity index (χ0n) is 12.2. The monoisotopic (exact) mass is 293 g/mol. The molecule has 0 radical (unpaired) electrons. The van der Waals surface area contributed by atoms with E-state index >= 15 is 0 Å². The molecule has 0 amide bonds. The Hall–Kier alpha value is -1.92. The molecule has 0 spiro atoms. The van der Waals surface area contributed by atoms with E-state index < -0.39 is 12.3 Å². The lowest BCUT2D eigenvalue weighted by Gasteiger charge is -2.25. The second kappa shape index (κ2) is 7.75. The number of benzene rings is 1. The second-order valence-corrected chi connectivity index (χ2v) is 4.36. The maximum atomic E-state index is 12.1. The topological polar surface area (TPSA) is 66.4 Å². The Morgan fingerprint density at radius 2 is 2.05 bits per heavy atom. The highest BCUT2D eigenvalue weighted by Gasteiger charge is 2.25. The fourth-order valence-electron chi connectivity index (χ4n) is 2.07. The van der Waals surface area contributed by atoms with Crippen molar-refractivity contribution in [3.05, 3.63) is 35.4 Å². The molecule has 6 heteroatoms. The molecule has 1 heterocycles. The maximum Gasteiger partial charge on any atom is 0.361 e. The number of hydrogen-bond acceptors (Lipinski definition) is 6. The number of nitrogens with zero attached hydrogens (tertiary/aromatic N) is 1. The van der Waals surface area contributed by atoms with Crippen molar-refractivity contribution in [3.8, 4) is 0 Å². The third kappa shape index (κ3) is 3.80. The van der Waals surface area contributed by atoms with Gasteiger partial charge in [-0.15, -0.1) is 0 Å². The van der Waals surface area contributed by atoms with E-state index in [1.165, 1.54) is 7.11 Å². The third-order valence-corrected chi connectivity index (χ3v) is 2.95. The minimum atomic E-state index is -0.539. The van der Waals surface area contributed by atoms with Crippen LogP contribution in [0.5, 0.6) is 0 Å². The standard InChI is InChI=1S/C15H19NO5/c1-3-19-14(17)13(16-18-2)11-7-4-5-8-12(11)15-20-9-6-10-21-15/h4-5,7-8,15H,3,6,9-10H2,1-2H3/b16-13+. The molecular weight excluding hydrogens is 274 g/mol. The van der Waals surface area contributed by atoms with Crippen LogP contribution in [0, 0.1) is 0 Å². The molecule has 2 rings (SSSR count). The van der Waals surface area contributed by atoms with Gasteiger partial charge in [-0.3, -0.25) is 0 Å². The Kier molecular flexibility index (Phi) is 5.71. The molecule has 0 bridgehead atoms. The van der Waals surface area contributed by atoms with Crippen LogP contribution in [0.1, 0.15) is 30.8 Å². The van der Waals surface area contributed by atoms with Gasteiger partial charge < -0.3 is 19.0 Å². The van der Waals surface area contributed by atoms with Crippen molar-refractivity contribution in [2.75, 3.05) is 26.9 Å². The zero-order chi connectivity index (χ0) is 15.1. The first kappa shape index (κ1) is 15.5. The lowest BCUT2D eigenvalue weighted by atomic mass is 10.0. The van der Waals surface area contributed by atoms with Crippen LogP contribution in [0.4, 0.5) is 0 Å². The molecule has 0 unspecified atom stereocenters. The van der Waals surface area contributed by atoms with Gasteiger partial charge in [0.05, 0.1) is 19.8 Å². The minimum absolute atomic E-state index is 0.104. The van der Waals surface area contributed by atoms with E-state index in [0.717, 1.165) is 12.0 Å². The van der Waals surface area contributed by atoms with Gasteiger partial charge in [-0.2, -0.15) is 0 Å². The summed E-state index contributed by atoms with van der Waals surface area (Å²) in [5, 5.41) is 3.80. The minimum Gasteiger partial charge on any atom is -0.461 e. The summed E-state index contributed by atoms with van der Waals surface area (Å²) in [6.45, 7) is 3.24. The molecule has 1 aromatic rings. The van der Waals surface area contributed by atoms with Crippen LogP contribution in [-0.2, 0) is 23.8 Å². The van der Waals surface area contributed by atoms with Crippen LogP contribution in [0.15, 0.2) is 29.4 Å². The summed E-state index contributed by atoms with van der Waals surface area (Å²) in [6.07, 6.45) is 0.349. The van der Waals surface area contributed by atoms with Gasteiger partial charge in [0.15, 0.2) is 12.0 Å². The van der Waals surface area contributed by atoms with Gasteiger partial charge in [0.1, 0.15) is 7.11 Å². The molecule has 0 N–H and O–H groups in total. The Morgan fingerprint density at radius 3 is 2.71 bits per heavy atom. The molecular formula is C15H19NO5. The number of oxime groups is 1. The number of carbonyl (C=O) groups is 1. The van der Waals surface area contributed by atoms with Crippen LogP contribution >= 0.6 is 0 Å². The normalized spacial score (nSPS) is 16.6. The number of rotatable bonds is 5. The number of ether oxygens (including phenoxy) is 3. The third-order valence-electron chi connectivity index (χ3n) is 2.95. The quantitative estimate of drug-likeness (QED) is 0.472. The van der Waals surface area contributed by atoms with Gasteiger partial charge in [-0.05, 0) is 13.3 Å². The summed E-state index contributed by atoms with van der Waals surface area (Å²) in [7, 11) is 1.38. The molecule has 1 fully saturated rings. The summed E-state index contributed by atoms with van der Waals surface area (Å²) in [6, 6.07) is 7.28. The maximum absolute atomic E-state index is 12.1. The molecule has 0 aromatic heterocycles. The van der Waals surface area contributed by atoms with Crippen LogP contribution in [0.2, 0.25) is 0 Å². The summed E-state index contributed by atoms with van der Waals surface area (Å²) >= 11 is 0. The highest BCUT2D eigenvalue weighted by Crippen LogP contribution is 2.26. The first-order chi connectivity index (χ1) is 10.3. The summed E-state index contributed by atoms with van der Waals surface area (Å²) in [5.41, 5.74) is 1.43. The summed E-state index contributed by atoms with van der Waals surface area (Å²) in [5.74, 6) is -0.539. The largest absolute Gasteiger partial charge is 0.461 e. The van der Waals surface area contributed by atoms with Gasteiger partial charge in [-0.1, -0.05) is 29.4 Å². The molecule has 1 saturated heterocycles. The zero-order valence-corrected chi connectivity index (χ0v) is 12.2. The average Bonchev–Trinajstić information content (AvgIpc) is 2.54. The Balaban J connectivity index is 2.36. The molecule has 6 nitrogen and oxygen atoms in total. The van der Waals surface area contributed by atoms with Crippen molar-refractivity contribution >= 4 is 11.7 Å². The molecule has 0 saturated carbocycles. The highest BCUT2D eigenvalue weighted by atomic mass is 16.7. The second-order valence-electron chi connectivity index (χ2n) is 4.36. The summed E-state index contributed by atoms with van der Waals surface area (Å²) in [4.78, 5) is 16.8. The molecule has 0 aliphatic carbocycles. The van der Waals surface area contributed by atoms with E-state index in [2.05, 4.69) is 5.16 Å². The van der Waals surface area contributed by atoms with Gasteiger partial charge in [0.25, 0.3) is 0 Å². The van der Waals surface area contributed by atoms with E-state index in [1.807, 2.05) is 18.2 Å². The summed E-state index contributed by atoms with van der Waals surface area (Å²) < 4.78 is 16.2. The smallest absolute Gasteiger partial charge is 0.361 e. The fraction of sp³-hybridized carbons (Fsp3) is 0.467. The Bertz CT molecular complexity index is 509. The fourth-order valence-corrected chi connectivity index (χ4v) is 2.07. The molecule has 114 valence electrons. The lowest BCUT2D eigenvalue weighted by molar-refractivity contribution is -0.183. The number of carbonyl (C=O) groups excluding carboxylic acids is 1. The van der Waals surface area contributed by atoms with Gasteiger partial charge in [0, 0.05) is 11.1 Å². The van der Waals surface area contributed by atoms with Crippen molar-refractivity contribution in [3.63, 3.8) is 0 Å². The van der Waals surface area contributed by atoms with E-state index in [9.17, 15) is 4.79 Å². The van der Waals surface area contributed by atoms with Gasteiger partial charge in [0.2, 0.25) is 0 Å². The predicted molar refractivity (Wildman–Crippen MR) is 75.9 cm³/mol. The van der Waals surface area contributed by atoms with Crippen molar-refractivity contribution in [2.45, 2.75) is 19.6 Å². The van der Waals surface area contributed by atoms with Crippen molar-refractivity contribution in [1.82, 2.24) is 0 Å². The van der Waals surface area contributed by atoms with E-state index in [4.69, 9.17) is 19.0 Å². The van der Waals surface area contributed by atoms with Gasteiger partial charge >= 0.3 is 5.97 Å². The molecule has 1 aromatic carbocycles. The first-order valence-corrected chi connectivity index (χ1v) is 6.88. The van der Waals surface area contributed by atoms with Gasteiger partial charge in [-0.25, -0.2) is 4.79 Å². The molecule has 1 aliphatic rings. The number of esters is 1. The molecule has 21 heavy (non-hydrogen) atoms. The molecule has 0 atom stereocenters. The van der Waals surface area contributed by atoms with Crippen molar-refractivity contribution < 1.29 is 23.8 Å². The Morgan fingerprint density at radius 1 is 1.33 bits per heavy atom. The van der Waals surface area contributed by atoms with Crippen LogP contribution in [0.25, 0.3) is 0 Å². The van der Waals surface area contributed by atoms with Crippen LogP contribution in [-0.4, -0.2) is 38.6 Å². The van der Waals surface area contributed by atoms with Crippen LogP contribution in [0.3, 0.4) is 0 Å². The number of hydrogen-bond donors (Lipinski definition) is 0. The molecule has 1 aliphatic heterocycles. The van der Waals surface area contributed by atoms with E-state index in [0.29, 0.717) is 18.8 Å². The average molecular weight is 293 g/mol. The first-order valence-electron chi connectivity index (χ1n) is 6.88. The van der Waals surface area contributed by atoms with Crippen molar-refractivity contribution in [1.29, 1.82) is 0 Å². The van der Waals surface area contributed by atoms with Crippen molar-refractivity contribution in [2.24, 2.45) is 5.16 Å². The predicted octanol–water partition coefficient (Wildman–Crippen LogP) is 2.04. The SMILES string of the molecule is CCOC(=O)/C(=N/OC)c1ccccc1C1OCCCO1.